The monoisotopic (exact) mass is 354 g/mol. The van der Waals surface area contributed by atoms with Crippen LogP contribution in [0.5, 0.6) is 5.75 Å². The topological polar surface area (TPSA) is 88.2 Å². The standard InChI is InChI=1S/C19H22N4O3/c1-2-13-26-15-7-5-14(6-8-15)18-20-19(25)16(21-22-18)9-10-17(24)23-11-3-4-12-23/h2,5-8H,1,3-4,9-13H2,(H,20,22,25). The number of carbonyl (C=O) groups is 1. The molecule has 26 heavy (non-hydrogen) atoms. The maximum absolute atomic E-state index is 12.2. The Kier molecular flexibility index (Phi) is 5.78. The lowest BCUT2D eigenvalue weighted by molar-refractivity contribution is -0.130. The summed E-state index contributed by atoms with van der Waals surface area (Å²) in [4.78, 5) is 28.9. The van der Waals surface area contributed by atoms with Gasteiger partial charge < -0.3 is 14.6 Å². The molecule has 1 N–H and O–H groups in total. The Morgan fingerprint density at radius 3 is 2.62 bits per heavy atom. The summed E-state index contributed by atoms with van der Waals surface area (Å²) in [5.74, 6) is 1.17. The van der Waals surface area contributed by atoms with Gasteiger partial charge in [0.05, 0.1) is 0 Å². The average molecular weight is 354 g/mol. The van der Waals surface area contributed by atoms with Crippen LogP contribution in [-0.4, -0.2) is 45.7 Å². The molecular weight excluding hydrogens is 332 g/mol. The van der Waals surface area contributed by atoms with E-state index in [1.54, 1.807) is 30.3 Å². The van der Waals surface area contributed by atoms with E-state index in [0.717, 1.165) is 31.5 Å². The SMILES string of the molecule is C=CCOc1ccc(-c2nnc(CCC(=O)N3CCCC3)c(=O)[nH]2)cc1. The molecule has 0 saturated carbocycles. The second-order valence-electron chi connectivity index (χ2n) is 6.16. The van der Waals surface area contributed by atoms with E-state index in [2.05, 4.69) is 21.8 Å². The van der Waals surface area contributed by atoms with Crippen molar-refractivity contribution in [2.45, 2.75) is 25.7 Å². The number of aromatic nitrogens is 3. The number of carbonyl (C=O) groups excluding carboxylic acids is 1. The molecule has 1 aromatic heterocycles. The Morgan fingerprint density at radius 1 is 1.23 bits per heavy atom. The maximum atomic E-state index is 12.2. The van der Waals surface area contributed by atoms with Gasteiger partial charge in [-0.2, -0.15) is 0 Å². The molecule has 0 atom stereocenters. The van der Waals surface area contributed by atoms with Crippen LogP contribution in [0, 0.1) is 0 Å². The highest BCUT2D eigenvalue weighted by Crippen LogP contribution is 2.18. The Bertz CT molecular complexity index is 823. The number of benzene rings is 1. The van der Waals surface area contributed by atoms with Crippen LogP contribution in [-0.2, 0) is 11.2 Å². The molecule has 3 rings (SSSR count). The molecule has 0 bridgehead atoms. The highest BCUT2D eigenvalue weighted by atomic mass is 16.5. The molecule has 0 unspecified atom stereocenters. The molecule has 1 fully saturated rings. The number of aromatic amines is 1. The third-order valence-corrected chi connectivity index (χ3v) is 4.29. The van der Waals surface area contributed by atoms with Crippen LogP contribution in [0.1, 0.15) is 25.0 Å². The molecule has 136 valence electrons. The van der Waals surface area contributed by atoms with E-state index in [4.69, 9.17) is 4.74 Å². The van der Waals surface area contributed by atoms with Gasteiger partial charge in [-0.05, 0) is 37.1 Å². The molecule has 0 radical (unpaired) electrons. The largest absolute Gasteiger partial charge is 0.490 e. The van der Waals surface area contributed by atoms with Gasteiger partial charge in [0.25, 0.3) is 5.56 Å². The Balaban J connectivity index is 1.64. The van der Waals surface area contributed by atoms with Gasteiger partial charge in [0.15, 0.2) is 5.82 Å². The number of H-pyrrole nitrogens is 1. The van der Waals surface area contributed by atoms with Gasteiger partial charge in [-0.3, -0.25) is 9.59 Å². The Hall–Kier alpha value is -2.96. The normalized spacial score (nSPS) is 13.6. The molecular formula is C19H22N4O3. The molecule has 2 aromatic rings. The highest BCUT2D eigenvalue weighted by molar-refractivity contribution is 5.76. The lowest BCUT2D eigenvalue weighted by atomic mass is 10.2. The average Bonchev–Trinajstić information content (AvgIpc) is 3.20. The summed E-state index contributed by atoms with van der Waals surface area (Å²) in [6, 6.07) is 7.19. The molecule has 2 heterocycles. The van der Waals surface area contributed by atoms with Crippen LogP contribution in [0.3, 0.4) is 0 Å². The van der Waals surface area contributed by atoms with Crippen LogP contribution in [0.4, 0.5) is 0 Å². The van der Waals surface area contributed by atoms with E-state index in [0.29, 0.717) is 24.6 Å². The fourth-order valence-electron chi connectivity index (χ4n) is 2.87. The molecule has 0 spiro atoms. The predicted octanol–water partition coefficient (Wildman–Crippen LogP) is 1.95. The van der Waals surface area contributed by atoms with Crippen molar-refractivity contribution in [2.24, 2.45) is 0 Å². The summed E-state index contributed by atoms with van der Waals surface area (Å²) in [5, 5.41) is 8.11. The minimum Gasteiger partial charge on any atom is -0.490 e. The van der Waals surface area contributed by atoms with Crippen LogP contribution in [0.25, 0.3) is 11.4 Å². The summed E-state index contributed by atoms with van der Waals surface area (Å²) in [7, 11) is 0. The molecule has 1 aromatic carbocycles. The first-order valence-corrected chi connectivity index (χ1v) is 8.75. The van der Waals surface area contributed by atoms with Gasteiger partial charge in [-0.25, -0.2) is 0 Å². The van der Waals surface area contributed by atoms with Gasteiger partial charge in [-0.15, -0.1) is 10.2 Å². The van der Waals surface area contributed by atoms with E-state index < -0.39 is 0 Å². The number of ether oxygens (including phenoxy) is 1. The number of nitrogens with zero attached hydrogens (tertiary/aromatic N) is 3. The second-order valence-corrected chi connectivity index (χ2v) is 6.16. The zero-order valence-electron chi connectivity index (χ0n) is 14.6. The van der Waals surface area contributed by atoms with Gasteiger partial charge >= 0.3 is 0 Å². The van der Waals surface area contributed by atoms with Crippen molar-refractivity contribution in [3.63, 3.8) is 0 Å². The van der Waals surface area contributed by atoms with Crippen LogP contribution in [0.2, 0.25) is 0 Å². The van der Waals surface area contributed by atoms with E-state index in [9.17, 15) is 9.59 Å². The first kappa shape index (κ1) is 17.8. The zero-order valence-corrected chi connectivity index (χ0v) is 14.6. The van der Waals surface area contributed by atoms with Crippen molar-refractivity contribution in [2.75, 3.05) is 19.7 Å². The molecule has 1 aliphatic rings. The van der Waals surface area contributed by atoms with Crippen molar-refractivity contribution in [3.8, 4) is 17.1 Å². The van der Waals surface area contributed by atoms with Gasteiger partial charge in [0, 0.05) is 31.5 Å². The predicted molar refractivity (Wildman–Crippen MR) is 97.9 cm³/mol. The number of likely N-dealkylation sites (tertiary alicyclic amines) is 1. The Morgan fingerprint density at radius 2 is 1.96 bits per heavy atom. The third-order valence-electron chi connectivity index (χ3n) is 4.29. The number of hydrogen-bond acceptors (Lipinski definition) is 5. The molecule has 1 saturated heterocycles. The smallest absolute Gasteiger partial charge is 0.273 e. The number of aryl methyl sites for hydroxylation is 1. The summed E-state index contributed by atoms with van der Waals surface area (Å²) in [6.07, 6.45) is 4.36. The molecule has 1 aliphatic heterocycles. The lowest BCUT2D eigenvalue weighted by Crippen LogP contribution is -2.28. The first-order chi connectivity index (χ1) is 12.7. The Labute approximate surface area is 151 Å². The quantitative estimate of drug-likeness (QED) is 0.768. The summed E-state index contributed by atoms with van der Waals surface area (Å²) in [5.41, 5.74) is 0.712. The molecule has 0 aliphatic carbocycles. The summed E-state index contributed by atoms with van der Waals surface area (Å²) < 4.78 is 5.42. The van der Waals surface area contributed by atoms with E-state index >= 15 is 0 Å². The van der Waals surface area contributed by atoms with E-state index in [-0.39, 0.29) is 23.6 Å². The summed E-state index contributed by atoms with van der Waals surface area (Å²) in [6.45, 7) is 5.66. The van der Waals surface area contributed by atoms with Crippen LogP contribution >= 0.6 is 0 Å². The number of nitrogens with one attached hydrogen (secondary N) is 1. The fourth-order valence-corrected chi connectivity index (χ4v) is 2.87. The number of rotatable bonds is 7. The fraction of sp³-hybridized carbons (Fsp3) is 0.368. The minimum atomic E-state index is -0.309. The molecule has 7 nitrogen and oxygen atoms in total. The number of hydrogen-bond donors (Lipinski definition) is 1. The zero-order chi connectivity index (χ0) is 18.4. The van der Waals surface area contributed by atoms with Gasteiger partial charge in [-0.1, -0.05) is 12.7 Å². The van der Waals surface area contributed by atoms with Crippen LogP contribution < -0.4 is 10.3 Å². The van der Waals surface area contributed by atoms with Crippen LogP contribution in [0.15, 0.2) is 41.7 Å². The highest BCUT2D eigenvalue weighted by Gasteiger charge is 2.18. The van der Waals surface area contributed by atoms with Crippen molar-refractivity contribution in [1.82, 2.24) is 20.1 Å². The minimum absolute atomic E-state index is 0.0721. The maximum Gasteiger partial charge on any atom is 0.273 e. The van der Waals surface area contributed by atoms with E-state index in [1.165, 1.54) is 0 Å². The first-order valence-electron chi connectivity index (χ1n) is 8.75. The van der Waals surface area contributed by atoms with Crippen molar-refractivity contribution < 1.29 is 9.53 Å². The molecule has 7 heteroatoms. The van der Waals surface area contributed by atoms with E-state index in [1.807, 2.05) is 4.90 Å². The van der Waals surface area contributed by atoms with Crippen molar-refractivity contribution in [3.05, 3.63) is 53.0 Å². The second kappa shape index (κ2) is 8.42. The van der Waals surface area contributed by atoms with Crippen molar-refractivity contribution >= 4 is 5.91 Å². The van der Waals surface area contributed by atoms with Gasteiger partial charge in [0.1, 0.15) is 18.1 Å². The number of amides is 1. The lowest BCUT2D eigenvalue weighted by Gasteiger charge is -2.14. The third kappa shape index (κ3) is 4.36. The summed E-state index contributed by atoms with van der Waals surface area (Å²) >= 11 is 0. The van der Waals surface area contributed by atoms with Crippen molar-refractivity contribution in [1.29, 1.82) is 0 Å². The molecule has 1 amide bonds. The van der Waals surface area contributed by atoms with Gasteiger partial charge in [0.2, 0.25) is 5.91 Å².